The van der Waals surface area contributed by atoms with Crippen LogP contribution in [0.3, 0.4) is 0 Å². The lowest BCUT2D eigenvalue weighted by molar-refractivity contribution is 0.0963. The lowest BCUT2D eigenvalue weighted by atomic mass is 10.1. The van der Waals surface area contributed by atoms with Gasteiger partial charge in [-0.2, -0.15) is 0 Å². The van der Waals surface area contributed by atoms with Crippen molar-refractivity contribution in [2.24, 2.45) is 5.92 Å². The van der Waals surface area contributed by atoms with E-state index in [1.807, 2.05) is 44.2 Å². The molecule has 0 saturated carbocycles. The van der Waals surface area contributed by atoms with Crippen molar-refractivity contribution in [3.05, 3.63) is 52.0 Å². The van der Waals surface area contributed by atoms with Crippen molar-refractivity contribution in [2.45, 2.75) is 20.3 Å². The molecule has 0 aliphatic carbocycles. The third kappa shape index (κ3) is 4.04. The van der Waals surface area contributed by atoms with E-state index in [4.69, 9.17) is 0 Å². The van der Waals surface area contributed by atoms with Crippen LogP contribution in [-0.2, 0) is 0 Å². The molecule has 2 nitrogen and oxygen atoms in total. The summed E-state index contributed by atoms with van der Waals surface area (Å²) in [4.78, 5) is 16.1. The first-order valence-electron chi connectivity index (χ1n) is 6.21. The monoisotopic (exact) mass is 269 g/mol. The fraction of sp³-hybridized carbons (Fsp3) is 0.250. The Morgan fingerprint density at radius 1 is 1.26 bits per heavy atom. The second-order valence-electron chi connectivity index (χ2n) is 4.68. The number of carbonyl (C=O) groups excluding carboxylic acids is 1. The van der Waals surface area contributed by atoms with Crippen LogP contribution >= 0.6 is 11.3 Å². The van der Waals surface area contributed by atoms with Gasteiger partial charge in [0.1, 0.15) is 5.69 Å². The minimum absolute atomic E-state index is 0.0963. The quantitative estimate of drug-likeness (QED) is 0.627. The molecule has 1 aromatic carbocycles. The van der Waals surface area contributed by atoms with Crippen molar-refractivity contribution in [1.82, 2.24) is 4.98 Å². The number of Topliss-reactive ketones (excluding diaryl/α,β-unsaturated/α-hetero) is 1. The summed E-state index contributed by atoms with van der Waals surface area (Å²) in [5, 5.41) is 2.48. The van der Waals surface area contributed by atoms with Gasteiger partial charge in [0.2, 0.25) is 0 Å². The van der Waals surface area contributed by atoms with E-state index in [-0.39, 0.29) is 5.78 Å². The zero-order valence-electron chi connectivity index (χ0n) is 11.0. The van der Waals surface area contributed by atoms with Crippen LogP contribution < -0.4 is 0 Å². The van der Waals surface area contributed by atoms with E-state index in [0.29, 0.717) is 23.0 Å². The van der Waals surface area contributed by atoms with Crippen molar-refractivity contribution >= 4 is 17.1 Å². The van der Waals surface area contributed by atoms with Gasteiger partial charge in [-0.3, -0.25) is 4.79 Å². The van der Waals surface area contributed by atoms with Crippen molar-refractivity contribution < 1.29 is 4.79 Å². The van der Waals surface area contributed by atoms with E-state index >= 15 is 0 Å². The van der Waals surface area contributed by atoms with Crippen molar-refractivity contribution in [2.75, 3.05) is 0 Å². The smallest absolute Gasteiger partial charge is 0.182 e. The van der Waals surface area contributed by atoms with Crippen molar-refractivity contribution in [3.8, 4) is 11.8 Å². The molecule has 1 aromatic heterocycles. The second-order valence-corrected chi connectivity index (χ2v) is 5.53. The van der Waals surface area contributed by atoms with Gasteiger partial charge >= 0.3 is 0 Å². The predicted octanol–water partition coefficient (Wildman–Crippen LogP) is 3.77. The molecule has 96 valence electrons. The normalized spacial score (nSPS) is 10.1. The van der Waals surface area contributed by atoms with Crippen LogP contribution in [0.15, 0.2) is 35.7 Å². The molecule has 2 aromatic rings. The third-order valence-electron chi connectivity index (χ3n) is 2.47. The molecule has 1 heterocycles. The zero-order valence-corrected chi connectivity index (χ0v) is 11.8. The van der Waals surface area contributed by atoms with Crippen LogP contribution in [0.2, 0.25) is 0 Å². The fourth-order valence-electron chi connectivity index (χ4n) is 1.58. The highest BCUT2D eigenvalue weighted by molar-refractivity contribution is 7.10. The summed E-state index contributed by atoms with van der Waals surface area (Å²) in [6, 6.07) is 9.75. The number of ketones is 1. The molecule has 0 amide bonds. The molecule has 0 bridgehead atoms. The SMILES string of the molecule is CC(C)CC(=O)c1csc(C#Cc2ccccc2)n1. The highest BCUT2D eigenvalue weighted by Gasteiger charge is 2.11. The largest absolute Gasteiger partial charge is 0.292 e. The van der Waals surface area contributed by atoms with Crippen molar-refractivity contribution in [1.29, 1.82) is 0 Å². The summed E-state index contributed by atoms with van der Waals surface area (Å²) in [7, 11) is 0. The lowest BCUT2D eigenvalue weighted by Gasteiger charge is -1.99. The average molecular weight is 269 g/mol. The van der Waals surface area contributed by atoms with E-state index in [2.05, 4.69) is 16.8 Å². The zero-order chi connectivity index (χ0) is 13.7. The molecule has 19 heavy (non-hydrogen) atoms. The molecule has 2 rings (SSSR count). The van der Waals surface area contributed by atoms with Gasteiger partial charge in [0, 0.05) is 17.4 Å². The Labute approximate surface area is 117 Å². The second kappa shape index (κ2) is 6.31. The molecule has 3 heteroatoms. The number of nitrogens with zero attached hydrogens (tertiary/aromatic N) is 1. The first kappa shape index (κ1) is 13.5. The van der Waals surface area contributed by atoms with Gasteiger partial charge in [-0.15, -0.1) is 11.3 Å². The Balaban J connectivity index is 2.10. The minimum Gasteiger partial charge on any atom is -0.292 e. The molecular formula is C16H15NOS. The fourth-order valence-corrected chi connectivity index (χ4v) is 2.25. The Bertz CT molecular complexity index is 617. The maximum Gasteiger partial charge on any atom is 0.182 e. The maximum atomic E-state index is 11.8. The number of thiazole rings is 1. The average Bonchev–Trinajstić information content (AvgIpc) is 2.86. The minimum atomic E-state index is 0.0963. The van der Waals surface area contributed by atoms with Crippen LogP contribution in [0.25, 0.3) is 0 Å². The Morgan fingerprint density at radius 3 is 2.68 bits per heavy atom. The van der Waals surface area contributed by atoms with Gasteiger partial charge in [-0.1, -0.05) is 38.0 Å². The Hall–Kier alpha value is -1.92. The molecule has 0 radical (unpaired) electrons. The highest BCUT2D eigenvalue weighted by Crippen LogP contribution is 2.13. The van der Waals surface area contributed by atoms with Crippen LogP contribution in [-0.4, -0.2) is 10.8 Å². The molecule has 0 aliphatic rings. The van der Waals surface area contributed by atoms with Crippen LogP contribution in [0.5, 0.6) is 0 Å². The number of aromatic nitrogens is 1. The third-order valence-corrected chi connectivity index (χ3v) is 3.23. The van der Waals surface area contributed by atoms with Crippen LogP contribution in [0, 0.1) is 17.8 Å². The van der Waals surface area contributed by atoms with E-state index in [9.17, 15) is 4.79 Å². The number of benzene rings is 1. The summed E-state index contributed by atoms with van der Waals surface area (Å²) in [6.45, 7) is 4.06. The van der Waals surface area contributed by atoms with Gasteiger partial charge in [0.05, 0.1) is 0 Å². The van der Waals surface area contributed by atoms with E-state index in [1.165, 1.54) is 11.3 Å². The summed E-state index contributed by atoms with van der Waals surface area (Å²) in [5.74, 6) is 6.49. The van der Waals surface area contributed by atoms with E-state index in [0.717, 1.165) is 5.56 Å². The topological polar surface area (TPSA) is 30.0 Å². The Kier molecular flexibility index (Phi) is 4.48. The number of hydrogen-bond acceptors (Lipinski definition) is 3. The van der Waals surface area contributed by atoms with E-state index < -0.39 is 0 Å². The van der Waals surface area contributed by atoms with Gasteiger partial charge in [-0.25, -0.2) is 4.98 Å². The molecule has 0 aliphatic heterocycles. The number of hydrogen-bond donors (Lipinski definition) is 0. The van der Waals surface area contributed by atoms with Crippen LogP contribution in [0.4, 0.5) is 0 Å². The molecule has 0 saturated heterocycles. The first-order chi connectivity index (χ1) is 9.15. The number of rotatable bonds is 3. The molecule has 0 spiro atoms. The predicted molar refractivity (Wildman–Crippen MR) is 78.3 cm³/mol. The lowest BCUT2D eigenvalue weighted by Crippen LogP contribution is -2.03. The maximum absolute atomic E-state index is 11.8. The standard InChI is InChI=1S/C16H15NOS/c1-12(2)10-15(18)14-11-19-16(17-14)9-8-13-6-4-3-5-7-13/h3-7,11-12H,10H2,1-2H3. The summed E-state index contributed by atoms with van der Waals surface area (Å²) in [5.41, 5.74) is 1.49. The molecular weight excluding hydrogens is 254 g/mol. The summed E-state index contributed by atoms with van der Waals surface area (Å²) >= 11 is 1.42. The van der Waals surface area contributed by atoms with Crippen LogP contribution in [0.1, 0.15) is 41.3 Å². The van der Waals surface area contributed by atoms with Gasteiger partial charge in [-0.05, 0) is 24.0 Å². The molecule has 0 atom stereocenters. The molecule has 0 N–H and O–H groups in total. The highest BCUT2D eigenvalue weighted by atomic mass is 32.1. The van der Waals surface area contributed by atoms with Gasteiger partial charge < -0.3 is 0 Å². The molecule has 0 fully saturated rings. The first-order valence-corrected chi connectivity index (χ1v) is 7.09. The molecule has 0 unspecified atom stereocenters. The van der Waals surface area contributed by atoms with Gasteiger partial charge in [0.25, 0.3) is 0 Å². The Morgan fingerprint density at radius 2 is 2.00 bits per heavy atom. The summed E-state index contributed by atoms with van der Waals surface area (Å²) < 4.78 is 0. The summed E-state index contributed by atoms with van der Waals surface area (Å²) in [6.07, 6.45) is 0.537. The van der Waals surface area contributed by atoms with Gasteiger partial charge in [0.15, 0.2) is 10.8 Å². The number of carbonyl (C=O) groups is 1. The van der Waals surface area contributed by atoms with E-state index in [1.54, 1.807) is 5.38 Å². The van der Waals surface area contributed by atoms with Crippen molar-refractivity contribution in [3.63, 3.8) is 0 Å².